The lowest BCUT2D eigenvalue weighted by atomic mass is 9.96. The van der Waals surface area contributed by atoms with E-state index in [1.807, 2.05) is 13.8 Å². The summed E-state index contributed by atoms with van der Waals surface area (Å²) in [7, 11) is 1.48. The molecule has 0 fully saturated rings. The summed E-state index contributed by atoms with van der Waals surface area (Å²) in [6.07, 6.45) is 1.30. The zero-order valence-corrected chi connectivity index (χ0v) is 14.0. The van der Waals surface area contributed by atoms with E-state index in [0.29, 0.717) is 0 Å². The van der Waals surface area contributed by atoms with Crippen molar-refractivity contribution >= 4 is 16.8 Å². The number of aryl methyl sites for hydroxylation is 1. The summed E-state index contributed by atoms with van der Waals surface area (Å²) < 4.78 is 1.20. The Bertz CT molecular complexity index is 1110. The minimum absolute atomic E-state index is 0.132. The average Bonchev–Trinajstić information content (AvgIpc) is 2.59. The number of phenols is 1. The van der Waals surface area contributed by atoms with Gasteiger partial charge in [-0.05, 0) is 29.7 Å². The number of nitrogens with one attached hydrogen (secondary N) is 1. The third-order valence-electron chi connectivity index (χ3n) is 4.15. The van der Waals surface area contributed by atoms with Crippen LogP contribution in [0.4, 0.5) is 0 Å². The van der Waals surface area contributed by atoms with Crippen molar-refractivity contribution in [2.24, 2.45) is 7.05 Å². The maximum atomic E-state index is 12.8. The number of ketones is 1. The second-order valence-electron chi connectivity index (χ2n) is 6.17. The molecule has 0 aliphatic carbocycles. The fraction of sp³-hybridized carbons (Fsp3) is 0.222. The van der Waals surface area contributed by atoms with Crippen LogP contribution in [0.15, 0.2) is 40.1 Å². The summed E-state index contributed by atoms with van der Waals surface area (Å²) in [5.74, 6) is -0.384. The molecule has 1 aromatic carbocycles. The van der Waals surface area contributed by atoms with Crippen LogP contribution in [0.25, 0.3) is 11.0 Å². The van der Waals surface area contributed by atoms with Gasteiger partial charge in [-0.2, -0.15) is 0 Å². The molecule has 128 valence electrons. The van der Waals surface area contributed by atoms with Crippen LogP contribution in [-0.4, -0.2) is 25.4 Å². The summed E-state index contributed by atoms with van der Waals surface area (Å²) in [4.78, 5) is 42.6. The van der Waals surface area contributed by atoms with E-state index < -0.39 is 17.0 Å². The molecule has 7 heteroatoms. The molecule has 0 saturated heterocycles. The standard InChI is InChI=1S/C18H17N3O4/c1-9(2)10-4-5-14(22)12(6-10)15(23)11-7-13-16(19-8-11)21(3)18(25)20-17(13)24/h4-9,22H,1-3H3,(H,20,24,25). The van der Waals surface area contributed by atoms with E-state index in [1.54, 1.807) is 12.1 Å². The van der Waals surface area contributed by atoms with Gasteiger partial charge in [0.2, 0.25) is 0 Å². The van der Waals surface area contributed by atoms with Crippen LogP contribution in [0, 0.1) is 0 Å². The Hall–Kier alpha value is -3.22. The molecule has 0 radical (unpaired) electrons. The molecule has 2 aromatic heterocycles. The molecule has 0 amide bonds. The first kappa shape index (κ1) is 16.6. The first-order valence-electron chi connectivity index (χ1n) is 7.76. The van der Waals surface area contributed by atoms with E-state index in [4.69, 9.17) is 0 Å². The van der Waals surface area contributed by atoms with Gasteiger partial charge in [-0.3, -0.25) is 19.1 Å². The number of hydrogen-bond acceptors (Lipinski definition) is 5. The van der Waals surface area contributed by atoms with E-state index >= 15 is 0 Å². The van der Waals surface area contributed by atoms with Crippen molar-refractivity contribution in [2.75, 3.05) is 0 Å². The van der Waals surface area contributed by atoms with E-state index in [9.17, 15) is 19.5 Å². The number of H-pyrrole nitrogens is 1. The summed E-state index contributed by atoms with van der Waals surface area (Å²) in [6, 6.07) is 6.26. The largest absolute Gasteiger partial charge is 0.507 e. The van der Waals surface area contributed by atoms with Gasteiger partial charge in [-0.1, -0.05) is 19.9 Å². The fourth-order valence-electron chi connectivity index (χ4n) is 2.61. The van der Waals surface area contributed by atoms with Crippen molar-refractivity contribution in [3.8, 4) is 5.75 Å². The summed E-state index contributed by atoms with van der Waals surface area (Å²) in [5, 5.41) is 10.2. The molecular formula is C18H17N3O4. The van der Waals surface area contributed by atoms with Gasteiger partial charge in [-0.25, -0.2) is 9.78 Å². The quantitative estimate of drug-likeness (QED) is 0.706. The van der Waals surface area contributed by atoms with Gasteiger partial charge in [-0.15, -0.1) is 0 Å². The monoisotopic (exact) mass is 339 g/mol. The first-order valence-corrected chi connectivity index (χ1v) is 7.76. The third-order valence-corrected chi connectivity index (χ3v) is 4.15. The molecule has 0 saturated carbocycles. The lowest BCUT2D eigenvalue weighted by Gasteiger charge is -2.10. The predicted molar refractivity (Wildman–Crippen MR) is 93.2 cm³/mol. The highest BCUT2D eigenvalue weighted by molar-refractivity contribution is 6.11. The first-order chi connectivity index (χ1) is 11.8. The van der Waals surface area contributed by atoms with Crippen molar-refractivity contribution in [1.29, 1.82) is 0 Å². The van der Waals surface area contributed by atoms with Crippen LogP contribution >= 0.6 is 0 Å². The molecule has 0 unspecified atom stereocenters. The Morgan fingerprint density at radius 1 is 1.24 bits per heavy atom. The zero-order chi connectivity index (χ0) is 18.3. The van der Waals surface area contributed by atoms with Crippen molar-refractivity contribution in [3.63, 3.8) is 0 Å². The third kappa shape index (κ3) is 2.84. The van der Waals surface area contributed by atoms with Crippen LogP contribution in [0.1, 0.15) is 41.3 Å². The fourth-order valence-corrected chi connectivity index (χ4v) is 2.61. The highest BCUT2D eigenvalue weighted by Gasteiger charge is 2.17. The number of nitrogens with zero attached hydrogens (tertiary/aromatic N) is 2. The Labute approximate surface area is 142 Å². The van der Waals surface area contributed by atoms with Gasteiger partial charge in [0.05, 0.1) is 10.9 Å². The van der Waals surface area contributed by atoms with Gasteiger partial charge < -0.3 is 5.11 Å². The molecule has 0 bridgehead atoms. The van der Waals surface area contributed by atoms with E-state index in [-0.39, 0.29) is 33.8 Å². The van der Waals surface area contributed by atoms with Crippen molar-refractivity contribution in [1.82, 2.24) is 14.5 Å². The SMILES string of the molecule is CC(C)c1ccc(O)c(C(=O)c2cnc3c(c2)c(=O)[nH]c(=O)n3C)c1. The number of carbonyl (C=O) groups is 1. The number of rotatable bonds is 3. The molecule has 2 N–H and O–H groups in total. The number of aromatic hydroxyl groups is 1. The lowest BCUT2D eigenvalue weighted by Crippen LogP contribution is -2.29. The summed E-state index contributed by atoms with van der Waals surface area (Å²) in [5.41, 5.74) is 0.216. The summed E-state index contributed by atoms with van der Waals surface area (Å²) in [6.45, 7) is 3.97. The lowest BCUT2D eigenvalue weighted by molar-refractivity contribution is 0.103. The molecular weight excluding hydrogens is 322 g/mol. The van der Waals surface area contributed by atoms with Gasteiger partial charge in [0.15, 0.2) is 5.78 Å². The minimum atomic E-state index is -0.611. The number of aromatic nitrogens is 3. The smallest absolute Gasteiger partial charge is 0.329 e. The minimum Gasteiger partial charge on any atom is -0.507 e. The maximum absolute atomic E-state index is 12.8. The zero-order valence-electron chi connectivity index (χ0n) is 14.0. The molecule has 3 aromatic rings. The Kier molecular flexibility index (Phi) is 4.00. The Morgan fingerprint density at radius 3 is 2.64 bits per heavy atom. The number of pyridine rings is 1. The van der Waals surface area contributed by atoms with Crippen LogP contribution < -0.4 is 11.2 Å². The number of aromatic amines is 1. The van der Waals surface area contributed by atoms with Crippen LogP contribution in [0.3, 0.4) is 0 Å². The van der Waals surface area contributed by atoms with E-state index in [2.05, 4.69) is 9.97 Å². The highest BCUT2D eigenvalue weighted by atomic mass is 16.3. The highest BCUT2D eigenvalue weighted by Crippen LogP contribution is 2.25. The van der Waals surface area contributed by atoms with Crippen molar-refractivity contribution in [3.05, 3.63) is 68.0 Å². The predicted octanol–water partition coefficient (Wildman–Crippen LogP) is 1.68. The molecule has 2 heterocycles. The average molecular weight is 339 g/mol. The number of carbonyl (C=O) groups excluding carboxylic acids is 1. The van der Waals surface area contributed by atoms with Gasteiger partial charge in [0, 0.05) is 18.8 Å². The van der Waals surface area contributed by atoms with E-state index in [1.165, 1.54) is 29.9 Å². The number of hydrogen-bond donors (Lipinski definition) is 2. The van der Waals surface area contributed by atoms with Gasteiger partial charge in [0.1, 0.15) is 11.4 Å². The number of fused-ring (bicyclic) bond motifs is 1. The molecule has 0 aliphatic heterocycles. The van der Waals surface area contributed by atoms with Crippen molar-refractivity contribution < 1.29 is 9.90 Å². The molecule has 0 aliphatic rings. The molecule has 3 rings (SSSR count). The molecule has 0 spiro atoms. The van der Waals surface area contributed by atoms with Gasteiger partial charge in [0.25, 0.3) is 5.56 Å². The van der Waals surface area contributed by atoms with Gasteiger partial charge >= 0.3 is 5.69 Å². The Balaban J connectivity index is 2.17. The van der Waals surface area contributed by atoms with Crippen LogP contribution in [0.5, 0.6) is 5.75 Å². The second-order valence-corrected chi connectivity index (χ2v) is 6.17. The molecule has 7 nitrogen and oxygen atoms in total. The molecule has 0 atom stereocenters. The number of phenolic OH excluding ortho intramolecular Hbond substituents is 1. The normalized spacial score (nSPS) is 11.2. The van der Waals surface area contributed by atoms with Crippen molar-refractivity contribution in [2.45, 2.75) is 19.8 Å². The topological polar surface area (TPSA) is 105 Å². The molecule has 25 heavy (non-hydrogen) atoms. The Morgan fingerprint density at radius 2 is 1.96 bits per heavy atom. The second kappa shape index (κ2) is 6.01. The maximum Gasteiger partial charge on any atom is 0.329 e. The number of benzene rings is 1. The van der Waals surface area contributed by atoms with Crippen LogP contribution in [0.2, 0.25) is 0 Å². The summed E-state index contributed by atoms with van der Waals surface area (Å²) >= 11 is 0. The van der Waals surface area contributed by atoms with E-state index in [0.717, 1.165) is 5.56 Å². The van der Waals surface area contributed by atoms with Crippen LogP contribution in [-0.2, 0) is 7.05 Å².